The average Bonchev–Trinajstić information content (AvgIpc) is 2.90. The van der Waals surface area contributed by atoms with Gasteiger partial charge < -0.3 is 10.1 Å². The molecule has 0 bridgehead atoms. The Bertz CT molecular complexity index is 583. The highest BCUT2D eigenvalue weighted by atomic mass is 32.1. The van der Waals surface area contributed by atoms with E-state index < -0.39 is 0 Å². The largest absolute Gasteiger partial charge is 0.380 e. The fourth-order valence-electron chi connectivity index (χ4n) is 1.91. The van der Waals surface area contributed by atoms with E-state index in [0.717, 1.165) is 10.4 Å². The maximum atomic E-state index is 10.6. The van der Waals surface area contributed by atoms with E-state index >= 15 is 0 Å². The van der Waals surface area contributed by atoms with Crippen LogP contribution in [-0.4, -0.2) is 12.0 Å². The Morgan fingerprint density at radius 1 is 1.20 bits per heavy atom. The second kappa shape index (κ2) is 7.14. The van der Waals surface area contributed by atoms with Crippen LogP contribution in [0, 0.1) is 10.1 Å². The monoisotopic (exact) mass is 292 g/mol. The first-order chi connectivity index (χ1) is 9.70. The number of thiophene rings is 1. The lowest BCUT2D eigenvalue weighted by Crippen LogP contribution is -2.13. The third kappa shape index (κ3) is 3.86. The van der Waals surface area contributed by atoms with Gasteiger partial charge in [-0.05, 0) is 17.2 Å². The number of ether oxygens (including phenoxy) is 1. The second-order valence-electron chi connectivity index (χ2n) is 4.30. The Morgan fingerprint density at radius 2 is 1.95 bits per heavy atom. The number of benzene rings is 1. The van der Waals surface area contributed by atoms with Crippen molar-refractivity contribution in [1.82, 2.24) is 5.32 Å². The minimum absolute atomic E-state index is 0.182. The molecular formula is C14H16N2O3S. The number of nitrogens with zero attached hydrogens (tertiary/aromatic N) is 1. The number of rotatable bonds is 7. The number of methoxy groups -OCH3 is 1. The molecule has 106 valence electrons. The van der Waals surface area contributed by atoms with E-state index in [2.05, 4.69) is 11.4 Å². The van der Waals surface area contributed by atoms with Gasteiger partial charge >= 0.3 is 5.00 Å². The van der Waals surface area contributed by atoms with Gasteiger partial charge in [-0.25, -0.2) is 0 Å². The van der Waals surface area contributed by atoms with Gasteiger partial charge in [0.05, 0.1) is 11.5 Å². The maximum absolute atomic E-state index is 10.6. The minimum atomic E-state index is -0.359. The Morgan fingerprint density at radius 3 is 2.60 bits per heavy atom. The van der Waals surface area contributed by atoms with E-state index in [0.29, 0.717) is 19.7 Å². The van der Waals surface area contributed by atoms with Gasteiger partial charge in [0.15, 0.2) is 0 Å². The van der Waals surface area contributed by atoms with E-state index in [1.54, 1.807) is 19.2 Å². The summed E-state index contributed by atoms with van der Waals surface area (Å²) in [6.45, 7) is 1.92. The van der Waals surface area contributed by atoms with Gasteiger partial charge in [-0.15, -0.1) is 0 Å². The van der Waals surface area contributed by atoms with Crippen molar-refractivity contribution >= 4 is 16.3 Å². The van der Waals surface area contributed by atoms with Crippen molar-refractivity contribution in [3.05, 3.63) is 62.5 Å². The number of hydrogen-bond acceptors (Lipinski definition) is 5. The van der Waals surface area contributed by atoms with Gasteiger partial charge in [0.1, 0.15) is 0 Å². The van der Waals surface area contributed by atoms with E-state index in [1.807, 2.05) is 18.2 Å². The standard InChI is InChI=1S/C14H16N2O3S/c1-19-10-12-5-3-2-4-11(12)8-15-9-13-6-7-14(20-13)16(17)18/h2-7,15H,8-10H2,1H3. The zero-order valence-electron chi connectivity index (χ0n) is 11.2. The molecule has 0 spiro atoms. The van der Waals surface area contributed by atoms with Gasteiger partial charge in [-0.1, -0.05) is 35.6 Å². The fraction of sp³-hybridized carbons (Fsp3) is 0.286. The summed E-state index contributed by atoms with van der Waals surface area (Å²) in [4.78, 5) is 11.2. The molecule has 1 N–H and O–H groups in total. The van der Waals surface area contributed by atoms with Gasteiger partial charge in [0.25, 0.3) is 0 Å². The van der Waals surface area contributed by atoms with Gasteiger partial charge in [0, 0.05) is 31.1 Å². The summed E-state index contributed by atoms with van der Waals surface area (Å²) < 4.78 is 5.16. The molecule has 2 rings (SSSR count). The van der Waals surface area contributed by atoms with Crippen LogP contribution in [0.3, 0.4) is 0 Å². The molecule has 0 aliphatic rings. The quantitative estimate of drug-likeness (QED) is 0.629. The Kier molecular flexibility index (Phi) is 5.23. The number of nitro groups is 1. The predicted molar refractivity (Wildman–Crippen MR) is 78.7 cm³/mol. The fourth-order valence-corrected chi connectivity index (χ4v) is 2.70. The molecule has 5 nitrogen and oxygen atoms in total. The molecule has 0 fully saturated rings. The van der Waals surface area contributed by atoms with Crippen LogP contribution in [0.4, 0.5) is 5.00 Å². The molecule has 0 aliphatic heterocycles. The molecule has 0 aliphatic carbocycles. The molecule has 6 heteroatoms. The zero-order valence-corrected chi connectivity index (χ0v) is 12.0. The smallest absolute Gasteiger partial charge is 0.324 e. The molecule has 2 aromatic rings. The normalized spacial score (nSPS) is 10.7. The Balaban J connectivity index is 1.90. The van der Waals surface area contributed by atoms with Crippen LogP contribution in [0.1, 0.15) is 16.0 Å². The van der Waals surface area contributed by atoms with E-state index in [4.69, 9.17) is 4.74 Å². The van der Waals surface area contributed by atoms with Crippen LogP contribution in [0.2, 0.25) is 0 Å². The molecule has 20 heavy (non-hydrogen) atoms. The summed E-state index contributed by atoms with van der Waals surface area (Å²) in [5.41, 5.74) is 2.33. The van der Waals surface area contributed by atoms with Crippen LogP contribution in [-0.2, 0) is 24.4 Å². The van der Waals surface area contributed by atoms with Crippen molar-refractivity contribution in [3.63, 3.8) is 0 Å². The van der Waals surface area contributed by atoms with Crippen LogP contribution >= 0.6 is 11.3 Å². The summed E-state index contributed by atoms with van der Waals surface area (Å²) >= 11 is 1.20. The highest BCUT2D eigenvalue weighted by molar-refractivity contribution is 7.15. The summed E-state index contributed by atoms with van der Waals surface area (Å²) in [6, 6.07) is 11.4. The molecule has 0 amide bonds. The van der Waals surface area contributed by atoms with Gasteiger partial charge in [-0.3, -0.25) is 10.1 Å². The molecular weight excluding hydrogens is 276 g/mol. The lowest BCUT2D eigenvalue weighted by Gasteiger charge is -2.09. The first-order valence-electron chi connectivity index (χ1n) is 6.20. The molecule has 0 saturated heterocycles. The van der Waals surface area contributed by atoms with E-state index in [-0.39, 0.29) is 9.92 Å². The Hall–Kier alpha value is -1.76. The summed E-state index contributed by atoms with van der Waals surface area (Å²) in [6.07, 6.45) is 0. The lowest BCUT2D eigenvalue weighted by atomic mass is 10.1. The zero-order chi connectivity index (χ0) is 14.4. The first kappa shape index (κ1) is 14.6. The molecule has 1 heterocycles. The van der Waals surface area contributed by atoms with Crippen molar-refractivity contribution in [1.29, 1.82) is 0 Å². The predicted octanol–water partition coefficient (Wildman–Crippen LogP) is 3.09. The highest BCUT2D eigenvalue weighted by Crippen LogP contribution is 2.23. The van der Waals surface area contributed by atoms with Crippen LogP contribution in [0.15, 0.2) is 36.4 Å². The topological polar surface area (TPSA) is 64.4 Å². The van der Waals surface area contributed by atoms with Crippen LogP contribution < -0.4 is 5.32 Å². The molecule has 1 aromatic carbocycles. The average molecular weight is 292 g/mol. The second-order valence-corrected chi connectivity index (χ2v) is 5.45. The molecule has 1 aromatic heterocycles. The lowest BCUT2D eigenvalue weighted by molar-refractivity contribution is -0.380. The third-order valence-electron chi connectivity index (χ3n) is 2.86. The van der Waals surface area contributed by atoms with E-state index in [9.17, 15) is 10.1 Å². The number of nitrogens with one attached hydrogen (secondary N) is 1. The Labute approximate surface area is 121 Å². The van der Waals surface area contributed by atoms with Crippen molar-refractivity contribution in [2.24, 2.45) is 0 Å². The van der Waals surface area contributed by atoms with E-state index in [1.165, 1.54) is 16.9 Å². The van der Waals surface area contributed by atoms with Crippen molar-refractivity contribution in [3.8, 4) is 0 Å². The van der Waals surface area contributed by atoms with Gasteiger partial charge in [-0.2, -0.15) is 0 Å². The SMILES string of the molecule is COCc1ccccc1CNCc1ccc([N+](=O)[O-])s1. The van der Waals surface area contributed by atoms with Crippen molar-refractivity contribution in [2.75, 3.05) is 7.11 Å². The summed E-state index contributed by atoms with van der Waals surface area (Å²) in [5, 5.41) is 14.1. The summed E-state index contributed by atoms with van der Waals surface area (Å²) in [5.74, 6) is 0. The third-order valence-corrected chi connectivity index (χ3v) is 3.90. The van der Waals surface area contributed by atoms with Gasteiger partial charge in [0.2, 0.25) is 0 Å². The van der Waals surface area contributed by atoms with Crippen LogP contribution in [0.5, 0.6) is 0 Å². The highest BCUT2D eigenvalue weighted by Gasteiger charge is 2.09. The molecule has 0 unspecified atom stereocenters. The van der Waals surface area contributed by atoms with Crippen LogP contribution in [0.25, 0.3) is 0 Å². The van der Waals surface area contributed by atoms with Crippen molar-refractivity contribution < 1.29 is 9.66 Å². The first-order valence-corrected chi connectivity index (χ1v) is 7.02. The molecule has 0 radical (unpaired) electrons. The number of hydrogen-bond donors (Lipinski definition) is 1. The summed E-state index contributed by atoms with van der Waals surface area (Å²) in [7, 11) is 1.68. The molecule has 0 saturated carbocycles. The minimum Gasteiger partial charge on any atom is -0.380 e. The van der Waals surface area contributed by atoms with Crippen molar-refractivity contribution in [2.45, 2.75) is 19.7 Å². The molecule has 0 atom stereocenters. The maximum Gasteiger partial charge on any atom is 0.324 e.